The minimum absolute atomic E-state index is 0.274. The van der Waals surface area contributed by atoms with Crippen molar-refractivity contribution < 1.29 is 5.11 Å². The highest BCUT2D eigenvalue weighted by atomic mass is 16.3. The zero-order chi connectivity index (χ0) is 11.6. The van der Waals surface area contributed by atoms with Crippen molar-refractivity contribution in [2.45, 2.75) is 26.2 Å². The van der Waals surface area contributed by atoms with Gasteiger partial charge in [-0.15, -0.1) is 0 Å². The molecule has 1 aromatic heterocycles. The van der Waals surface area contributed by atoms with Gasteiger partial charge in [0.05, 0.1) is 11.9 Å². The third-order valence-electron chi connectivity index (χ3n) is 3.40. The summed E-state index contributed by atoms with van der Waals surface area (Å²) in [5.41, 5.74) is 7.79. The highest BCUT2D eigenvalue weighted by Crippen LogP contribution is 2.48. The number of aliphatic hydroxyl groups excluding tert-OH is 1. The molecule has 0 aliphatic heterocycles. The van der Waals surface area contributed by atoms with Crippen LogP contribution in [-0.4, -0.2) is 23.2 Å². The van der Waals surface area contributed by atoms with Crippen LogP contribution in [0.2, 0.25) is 0 Å². The van der Waals surface area contributed by atoms with Crippen LogP contribution in [-0.2, 0) is 0 Å². The van der Waals surface area contributed by atoms with E-state index in [1.165, 1.54) is 12.8 Å². The predicted octanol–water partition coefficient (Wildman–Crippen LogP) is 1.55. The molecule has 0 amide bonds. The molecule has 4 heteroatoms. The van der Waals surface area contributed by atoms with Gasteiger partial charge < -0.3 is 16.2 Å². The van der Waals surface area contributed by atoms with Crippen molar-refractivity contribution in [1.82, 2.24) is 4.98 Å². The van der Waals surface area contributed by atoms with Crippen LogP contribution in [0.25, 0.3) is 0 Å². The molecule has 1 fully saturated rings. The van der Waals surface area contributed by atoms with Crippen LogP contribution in [0, 0.1) is 12.3 Å². The minimum atomic E-state index is 0.274. The fraction of sp³-hybridized carbons (Fsp3) is 0.583. The molecule has 1 heterocycles. The lowest BCUT2D eigenvalue weighted by atomic mass is 10.0. The molecule has 88 valence electrons. The molecule has 0 bridgehead atoms. The topological polar surface area (TPSA) is 71.2 Å². The first-order valence-corrected chi connectivity index (χ1v) is 5.72. The molecule has 1 aliphatic carbocycles. The SMILES string of the molecule is Cc1cc(NCC2(CCO)CC2)ncc1N. The summed E-state index contributed by atoms with van der Waals surface area (Å²) in [7, 11) is 0. The molecule has 0 radical (unpaired) electrons. The number of nitrogen functional groups attached to an aromatic ring is 1. The van der Waals surface area contributed by atoms with Gasteiger partial charge >= 0.3 is 0 Å². The third kappa shape index (κ3) is 2.44. The smallest absolute Gasteiger partial charge is 0.126 e. The number of aromatic nitrogens is 1. The molecular weight excluding hydrogens is 202 g/mol. The van der Waals surface area contributed by atoms with E-state index in [1.807, 2.05) is 13.0 Å². The van der Waals surface area contributed by atoms with Gasteiger partial charge in [-0.25, -0.2) is 4.98 Å². The van der Waals surface area contributed by atoms with Crippen molar-refractivity contribution in [3.63, 3.8) is 0 Å². The molecule has 1 aromatic rings. The van der Waals surface area contributed by atoms with Gasteiger partial charge in [-0.05, 0) is 43.2 Å². The largest absolute Gasteiger partial charge is 0.397 e. The van der Waals surface area contributed by atoms with Gasteiger partial charge in [0.1, 0.15) is 5.82 Å². The standard InChI is InChI=1S/C12H19N3O/c1-9-6-11(14-7-10(9)13)15-8-12(2-3-12)4-5-16/h6-7,16H,2-5,8,13H2,1H3,(H,14,15). The molecule has 1 aliphatic rings. The fourth-order valence-electron chi connectivity index (χ4n) is 1.87. The van der Waals surface area contributed by atoms with Crippen molar-refractivity contribution >= 4 is 11.5 Å². The quantitative estimate of drug-likeness (QED) is 0.705. The van der Waals surface area contributed by atoms with Crippen LogP contribution in [0.5, 0.6) is 0 Å². The Labute approximate surface area is 95.9 Å². The van der Waals surface area contributed by atoms with Crippen molar-refractivity contribution in [3.05, 3.63) is 17.8 Å². The second-order valence-electron chi connectivity index (χ2n) is 4.75. The Morgan fingerprint density at radius 3 is 2.88 bits per heavy atom. The Bertz CT molecular complexity index is 375. The van der Waals surface area contributed by atoms with Gasteiger partial charge in [-0.3, -0.25) is 0 Å². The number of aliphatic hydroxyl groups is 1. The van der Waals surface area contributed by atoms with Crippen LogP contribution in [0.1, 0.15) is 24.8 Å². The average Bonchev–Trinajstić information content (AvgIpc) is 3.01. The first-order chi connectivity index (χ1) is 7.65. The first kappa shape index (κ1) is 11.2. The molecule has 0 saturated heterocycles. The summed E-state index contributed by atoms with van der Waals surface area (Å²) in [5.74, 6) is 0.871. The Morgan fingerprint density at radius 2 is 2.31 bits per heavy atom. The average molecular weight is 221 g/mol. The number of aryl methyl sites for hydroxylation is 1. The maximum Gasteiger partial charge on any atom is 0.126 e. The Morgan fingerprint density at radius 1 is 1.56 bits per heavy atom. The van der Waals surface area contributed by atoms with Gasteiger partial charge in [-0.1, -0.05) is 0 Å². The number of pyridine rings is 1. The number of nitrogens with two attached hydrogens (primary N) is 1. The summed E-state index contributed by atoms with van der Waals surface area (Å²) in [4.78, 5) is 4.23. The normalized spacial score (nSPS) is 17.1. The molecule has 16 heavy (non-hydrogen) atoms. The number of nitrogens with zero attached hydrogens (tertiary/aromatic N) is 1. The van der Waals surface area contributed by atoms with E-state index in [0.717, 1.165) is 30.0 Å². The van der Waals surface area contributed by atoms with Gasteiger partial charge in [0.25, 0.3) is 0 Å². The van der Waals surface area contributed by atoms with Crippen LogP contribution < -0.4 is 11.1 Å². The fourth-order valence-corrected chi connectivity index (χ4v) is 1.87. The maximum atomic E-state index is 8.96. The summed E-state index contributed by atoms with van der Waals surface area (Å²) in [6.07, 6.45) is 4.97. The van der Waals surface area contributed by atoms with E-state index in [2.05, 4.69) is 10.3 Å². The lowest BCUT2D eigenvalue weighted by molar-refractivity contribution is 0.253. The lowest BCUT2D eigenvalue weighted by Crippen LogP contribution is -2.17. The summed E-state index contributed by atoms with van der Waals surface area (Å²) in [6, 6.07) is 1.96. The number of rotatable bonds is 5. The van der Waals surface area contributed by atoms with Gasteiger partial charge in [0.15, 0.2) is 0 Å². The van der Waals surface area contributed by atoms with Crippen LogP contribution in [0.3, 0.4) is 0 Å². The molecule has 0 aromatic carbocycles. The zero-order valence-corrected chi connectivity index (χ0v) is 9.66. The zero-order valence-electron chi connectivity index (χ0n) is 9.66. The van der Waals surface area contributed by atoms with Crippen molar-refractivity contribution in [2.75, 3.05) is 24.2 Å². The predicted molar refractivity (Wildman–Crippen MR) is 65.2 cm³/mol. The third-order valence-corrected chi connectivity index (χ3v) is 3.40. The number of anilines is 2. The summed E-state index contributed by atoms with van der Waals surface area (Å²) < 4.78 is 0. The number of nitrogens with one attached hydrogen (secondary N) is 1. The molecule has 4 N–H and O–H groups in total. The lowest BCUT2D eigenvalue weighted by Gasteiger charge is -2.15. The van der Waals surface area contributed by atoms with E-state index in [-0.39, 0.29) is 6.61 Å². The van der Waals surface area contributed by atoms with Crippen LogP contribution in [0.15, 0.2) is 12.3 Å². The number of hydrogen-bond donors (Lipinski definition) is 3. The van der Waals surface area contributed by atoms with E-state index in [4.69, 9.17) is 10.8 Å². The minimum Gasteiger partial charge on any atom is -0.397 e. The molecule has 0 atom stereocenters. The molecule has 1 saturated carbocycles. The molecule has 4 nitrogen and oxygen atoms in total. The molecule has 0 spiro atoms. The van der Waals surface area contributed by atoms with E-state index < -0.39 is 0 Å². The maximum absolute atomic E-state index is 8.96. The highest BCUT2D eigenvalue weighted by Gasteiger charge is 2.41. The van der Waals surface area contributed by atoms with Gasteiger partial charge in [-0.2, -0.15) is 0 Å². The molecule has 0 unspecified atom stereocenters. The van der Waals surface area contributed by atoms with Gasteiger partial charge in [0.2, 0.25) is 0 Å². The van der Waals surface area contributed by atoms with E-state index in [9.17, 15) is 0 Å². The summed E-state index contributed by atoms with van der Waals surface area (Å²) >= 11 is 0. The highest BCUT2D eigenvalue weighted by molar-refractivity contribution is 5.50. The monoisotopic (exact) mass is 221 g/mol. The summed E-state index contributed by atoms with van der Waals surface area (Å²) in [5, 5.41) is 12.3. The van der Waals surface area contributed by atoms with E-state index in [0.29, 0.717) is 5.41 Å². The molecular formula is C12H19N3O. The summed E-state index contributed by atoms with van der Waals surface area (Å²) in [6.45, 7) is 3.14. The Balaban J connectivity index is 1.92. The Hall–Kier alpha value is -1.29. The van der Waals surface area contributed by atoms with Crippen molar-refractivity contribution in [3.8, 4) is 0 Å². The van der Waals surface area contributed by atoms with E-state index in [1.54, 1.807) is 6.20 Å². The van der Waals surface area contributed by atoms with Crippen molar-refractivity contribution in [1.29, 1.82) is 0 Å². The van der Waals surface area contributed by atoms with Crippen LogP contribution >= 0.6 is 0 Å². The molecule has 2 rings (SSSR count). The van der Waals surface area contributed by atoms with Gasteiger partial charge in [0, 0.05) is 13.2 Å². The second kappa shape index (κ2) is 4.29. The van der Waals surface area contributed by atoms with Crippen molar-refractivity contribution in [2.24, 2.45) is 5.41 Å². The number of hydrogen-bond acceptors (Lipinski definition) is 4. The first-order valence-electron chi connectivity index (χ1n) is 5.72. The van der Waals surface area contributed by atoms with E-state index >= 15 is 0 Å². The van der Waals surface area contributed by atoms with Crippen LogP contribution in [0.4, 0.5) is 11.5 Å². The Kier molecular flexibility index (Phi) is 3.01. The second-order valence-corrected chi connectivity index (χ2v) is 4.75.